The second-order valence-electron chi connectivity index (χ2n) is 6.00. The van der Waals surface area contributed by atoms with Gasteiger partial charge in [0.2, 0.25) is 0 Å². The zero-order chi connectivity index (χ0) is 15.0. The number of aliphatic hydroxyl groups excluding tert-OH is 1. The molecule has 5 nitrogen and oxygen atoms in total. The van der Waals surface area contributed by atoms with E-state index in [4.69, 9.17) is 14.0 Å². The molecule has 2 heterocycles. The fraction of sp³-hybridized carbons (Fsp3) is 0.438. The molecule has 0 spiro atoms. The zero-order valence-corrected chi connectivity index (χ0v) is 12.4. The Hall–Kier alpha value is -2.01. The van der Waals surface area contributed by atoms with Crippen molar-refractivity contribution in [3.05, 3.63) is 41.3 Å². The monoisotopic (exact) mass is 289 g/mol. The summed E-state index contributed by atoms with van der Waals surface area (Å²) in [7, 11) is 0. The minimum Gasteiger partial charge on any atom is -0.487 e. The highest BCUT2D eigenvalue weighted by molar-refractivity contribution is 5.43. The topological polar surface area (TPSA) is 64.7 Å². The molecular weight excluding hydrogens is 270 g/mol. The minimum absolute atomic E-state index is 0.335. The molecule has 0 amide bonds. The number of aromatic nitrogens is 1. The Labute approximate surface area is 123 Å². The molecule has 0 fully saturated rings. The molecule has 0 saturated heterocycles. The van der Waals surface area contributed by atoms with Gasteiger partial charge in [-0.15, -0.1) is 0 Å². The Morgan fingerprint density at radius 1 is 1.38 bits per heavy atom. The van der Waals surface area contributed by atoms with E-state index in [0.29, 0.717) is 24.5 Å². The van der Waals surface area contributed by atoms with E-state index in [2.05, 4.69) is 5.16 Å². The molecular formula is C16H19NO4. The van der Waals surface area contributed by atoms with Gasteiger partial charge in [-0.25, -0.2) is 0 Å². The van der Waals surface area contributed by atoms with Crippen molar-refractivity contribution in [1.29, 1.82) is 0 Å². The van der Waals surface area contributed by atoms with Crippen LogP contribution in [0.3, 0.4) is 0 Å². The predicted molar refractivity (Wildman–Crippen MR) is 76.3 cm³/mol. The summed E-state index contributed by atoms with van der Waals surface area (Å²) in [5.41, 5.74) is 1.17. The minimum atomic E-state index is -0.504. The number of ether oxygens (including phenoxy) is 2. The number of aryl methyl sites for hydroxylation is 1. The Balaban J connectivity index is 1.76. The van der Waals surface area contributed by atoms with Gasteiger partial charge in [0, 0.05) is 24.1 Å². The Kier molecular flexibility index (Phi) is 3.37. The smallest absolute Gasteiger partial charge is 0.134 e. The molecule has 1 aromatic carbocycles. The van der Waals surface area contributed by atoms with Crippen LogP contribution < -0.4 is 9.47 Å². The van der Waals surface area contributed by atoms with Crippen LogP contribution in [-0.4, -0.2) is 15.9 Å². The molecule has 1 aromatic heterocycles. The number of nitrogens with zero attached hydrogens (tertiary/aromatic N) is 1. The van der Waals surface area contributed by atoms with Crippen LogP contribution in [-0.2, 0) is 6.61 Å². The quantitative estimate of drug-likeness (QED) is 0.940. The molecule has 0 radical (unpaired) electrons. The van der Waals surface area contributed by atoms with E-state index in [0.717, 1.165) is 17.0 Å². The first kappa shape index (κ1) is 13.9. The summed E-state index contributed by atoms with van der Waals surface area (Å²) < 4.78 is 16.6. The van der Waals surface area contributed by atoms with E-state index < -0.39 is 6.10 Å². The molecule has 2 aromatic rings. The molecule has 5 heteroatoms. The predicted octanol–water partition coefficient (Wildman–Crippen LogP) is 3.16. The van der Waals surface area contributed by atoms with Gasteiger partial charge in [-0.05, 0) is 32.9 Å². The van der Waals surface area contributed by atoms with Gasteiger partial charge in [0.15, 0.2) is 0 Å². The van der Waals surface area contributed by atoms with Gasteiger partial charge in [0.1, 0.15) is 35.2 Å². The maximum atomic E-state index is 10.2. The van der Waals surface area contributed by atoms with Crippen LogP contribution in [0.1, 0.15) is 43.4 Å². The highest BCUT2D eigenvalue weighted by atomic mass is 16.5. The SMILES string of the molecule is Cc1cc(COc2ccc3c(c2)OC(C)(C)CC3O)no1. The maximum Gasteiger partial charge on any atom is 0.134 e. The van der Waals surface area contributed by atoms with Crippen LogP contribution >= 0.6 is 0 Å². The van der Waals surface area contributed by atoms with Crippen LogP contribution in [0.5, 0.6) is 11.5 Å². The van der Waals surface area contributed by atoms with E-state index in [-0.39, 0.29) is 5.60 Å². The van der Waals surface area contributed by atoms with Gasteiger partial charge in [-0.2, -0.15) is 0 Å². The van der Waals surface area contributed by atoms with Crippen molar-refractivity contribution >= 4 is 0 Å². The molecule has 0 bridgehead atoms. The number of hydrogen-bond acceptors (Lipinski definition) is 5. The van der Waals surface area contributed by atoms with Crippen molar-refractivity contribution in [2.24, 2.45) is 0 Å². The number of rotatable bonds is 3. The second kappa shape index (κ2) is 5.07. The summed E-state index contributed by atoms with van der Waals surface area (Å²) in [6.07, 6.45) is 0.0781. The molecule has 1 N–H and O–H groups in total. The third-order valence-corrected chi connectivity index (χ3v) is 3.48. The summed E-state index contributed by atoms with van der Waals surface area (Å²) in [4.78, 5) is 0. The lowest BCUT2D eigenvalue weighted by molar-refractivity contribution is 0.0113. The van der Waals surface area contributed by atoms with E-state index in [1.807, 2.05) is 45.0 Å². The van der Waals surface area contributed by atoms with E-state index >= 15 is 0 Å². The van der Waals surface area contributed by atoms with Crippen molar-refractivity contribution in [3.8, 4) is 11.5 Å². The molecule has 1 unspecified atom stereocenters. The third kappa shape index (κ3) is 3.03. The van der Waals surface area contributed by atoms with Gasteiger partial charge in [-0.1, -0.05) is 5.16 Å². The molecule has 1 atom stereocenters. The van der Waals surface area contributed by atoms with Crippen molar-refractivity contribution in [3.63, 3.8) is 0 Å². The Morgan fingerprint density at radius 3 is 2.90 bits per heavy atom. The first-order valence-corrected chi connectivity index (χ1v) is 6.99. The van der Waals surface area contributed by atoms with Crippen LogP contribution in [0.15, 0.2) is 28.8 Å². The highest BCUT2D eigenvalue weighted by Crippen LogP contribution is 2.41. The van der Waals surface area contributed by atoms with Gasteiger partial charge in [0.25, 0.3) is 0 Å². The summed E-state index contributed by atoms with van der Waals surface area (Å²) in [6, 6.07) is 7.32. The van der Waals surface area contributed by atoms with Gasteiger partial charge in [-0.3, -0.25) is 0 Å². The van der Waals surface area contributed by atoms with Gasteiger partial charge in [0.05, 0.1) is 6.10 Å². The van der Waals surface area contributed by atoms with Crippen LogP contribution in [0.2, 0.25) is 0 Å². The van der Waals surface area contributed by atoms with Gasteiger partial charge >= 0.3 is 0 Å². The first-order chi connectivity index (χ1) is 9.93. The number of aliphatic hydroxyl groups is 1. The second-order valence-corrected chi connectivity index (χ2v) is 6.00. The van der Waals surface area contributed by atoms with Crippen molar-refractivity contribution in [2.45, 2.75) is 45.5 Å². The van der Waals surface area contributed by atoms with Crippen molar-refractivity contribution < 1.29 is 19.1 Å². The molecule has 0 aliphatic carbocycles. The zero-order valence-electron chi connectivity index (χ0n) is 12.4. The lowest BCUT2D eigenvalue weighted by Crippen LogP contribution is -2.34. The maximum absolute atomic E-state index is 10.2. The van der Waals surface area contributed by atoms with Crippen LogP contribution in [0, 0.1) is 6.92 Å². The molecule has 0 saturated carbocycles. The van der Waals surface area contributed by atoms with E-state index in [1.54, 1.807) is 0 Å². The molecule has 1 aliphatic rings. The Morgan fingerprint density at radius 2 is 2.19 bits per heavy atom. The molecule has 112 valence electrons. The molecule has 1 aliphatic heterocycles. The summed E-state index contributed by atoms with van der Waals surface area (Å²) in [5, 5.41) is 14.0. The van der Waals surface area contributed by atoms with Gasteiger partial charge < -0.3 is 19.1 Å². The highest BCUT2D eigenvalue weighted by Gasteiger charge is 2.32. The first-order valence-electron chi connectivity index (χ1n) is 6.99. The largest absolute Gasteiger partial charge is 0.487 e. The fourth-order valence-electron chi connectivity index (χ4n) is 2.53. The van der Waals surface area contributed by atoms with Crippen molar-refractivity contribution in [1.82, 2.24) is 5.16 Å². The standard InChI is InChI=1S/C16H19NO4/c1-10-6-11(17-21-10)9-19-12-4-5-13-14(18)8-16(2,3)20-15(13)7-12/h4-7,14,18H,8-9H2,1-3H3. The lowest BCUT2D eigenvalue weighted by Gasteiger charge is -2.35. The number of fused-ring (bicyclic) bond motifs is 1. The lowest BCUT2D eigenvalue weighted by atomic mass is 9.92. The van der Waals surface area contributed by atoms with Crippen LogP contribution in [0.4, 0.5) is 0 Å². The van der Waals surface area contributed by atoms with Crippen LogP contribution in [0.25, 0.3) is 0 Å². The summed E-state index contributed by atoms with van der Waals surface area (Å²) in [6.45, 7) is 6.10. The average Bonchev–Trinajstić information content (AvgIpc) is 2.80. The fourth-order valence-corrected chi connectivity index (χ4v) is 2.53. The molecule has 21 heavy (non-hydrogen) atoms. The molecule has 3 rings (SSSR count). The third-order valence-electron chi connectivity index (χ3n) is 3.48. The normalized spacial score (nSPS) is 19.7. The summed E-state index contributed by atoms with van der Waals surface area (Å²) in [5.74, 6) is 2.11. The average molecular weight is 289 g/mol. The number of benzene rings is 1. The number of hydrogen-bond donors (Lipinski definition) is 1. The van der Waals surface area contributed by atoms with E-state index in [1.165, 1.54) is 0 Å². The van der Waals surface area contributed by atoms with Crippen molar-refractivity contribution in [2.75, 3.05) is 0 Å². The summed E-state index contributed by atoms with van der Waals surface area (Å²) >= 11 is 0. The Bertz CT molecular complexity index is 647. The van der Waals surface area contributed by atoms with E-state index in [9.17, 15) is 5.11 Å².